The highest BCUT2D eigenvalue weighted by molar-refractivity contribution is 5.82. The van der Waals surface area contributed by atoms with Gasteiger partial charge in [0.2, 0.25) is 0 Å². The molecule has 0 unspecified atom stereocenters. The number of hydrogen-bond donors (Lipinski definition) is 0. The third kappa shape index (κ3) is 11.0. The Morgan fingerprint density at radius 1 is 0.727 bits per heavy atom. The van der Waals surface area contributed by atoms with E-state index in [2.05, 4.69) is 11.5 Å². The molecule has 2 fully saturated rings. The molecule has 0 N–H and O–H groups in total. The summed E-state index contributed by atoms with van der Waals surface area (Å²) >= 11 is 0. The van der Waals surface area contributed by atoms with Gasteiger partial charge in [0.15, 0.2) is 11.9 Å². The molecule has 0 radical (unpaired) electrons. The number of carbonyl (C=O) groups excluding carboxylic acids is 1. The molecule has 6 rings (SSSR count). The van der Waals surface area contributed by atoms with Crippen molar-refractivity contribution in [3.8, 4) is 0 Å². The van der Waals surface area contributed by atoms with Crippen LogP contribution >= 0.6 is 0 Å². The fourth-order valence-electron chi connectivity index (χ4n) is 7.47. The lowest BCUT2D eigenvalue weighted by atomic mass is 9.85. The van der Waals surface area contributed by atoms with E-state index in [1.165, 1.54) is 0 Å². The molecule has 1 amide bonds. The third-order valence-electron chi connectivity index (χ3n) is 10.2. The maximum atomic E-state index is 15.1. The smallest absolute Gasteiger partial charge is 0.254 e. The van der Waals surface area contributed by atoms with Crippen molar-refractivity contribution in [1.82, 2.24) is 9.80 Å². The molecule has 2 heterocycles. The second kappa shape index (κ2) is 19.6. The molecule has 2 saturated heterocycles. The summed E-state index contributed by atoms with van der Waals surface area (Å²) in [6.07, 6.45) is -1.53. The van der Waals surface area contributed by atoms with E-state index >= 15 is 4.79 Å². The first-order valence-corrected chi connectivity index (χ1v) is 19.3. The largest absolute Gasteiger partial charge is 0.374 e. The molecule has 0 bridgehead atoms. The molecular formula is C46H56N2O7. The lowest BCUT2D eigenvalue weighted by molar-refractivity contribution is -0.250. The minimum atomic E-state index is -1.22. The Balaban J connectivity index is 1.43. The molecule has 0 saturated carbocycles. The predicted molar refractivity (Wildman–Crippen MR) is 213 cm³/mol. The van der Waals surface area contributed by atoms with Crippen LogP contribution in [-0.4, -0.2) is 90.8 Å². The maximum Gasteiger partial charge on any atom is 0.254 e. The van der Waals surface area contributed by atoms with Crippen molar-refractivity contribution >= 4 is 5.91 Å². The van der Waals surface area contributed by atoms with Gasteiger partial charge in [-0.1, -0.05) is 127 Å². The number of hydrogen-bond acceptors (Lipinski definition) is 8. The summed E-state index contributed by atoms with van der Waals surface area (Å²) in [4.78, 5) is 19.2. The number of amides is 1. The highest BCUT2D eigenvalue weighted by Crippen LogP contribution is 2.43. The van der Waals surface area contributed by atoms with Crippen molar-refractivity contribution in [3.63, 3.8) is 0 Å². The van der Waals surface area contributed by atoms with E-state index in [0.717, 1.165) is 41.9 Å². The predicted octanol–water partition coefficient (Wildman–Crippen LogP) is 7.20. The van der Waals surface area contributed by atoms with Crippen LogP contribution in [0.25, 0.3) is 0 Å². The monoisotopic (exact) mass is 748 g/mol. The van der Waals surface area contributed by atoms with Gasteiger partial charge in [-0.2, -0.15) is 0 Å². The highest BCUT2D eigenvalue weighted by Gasteiger charge is 2.61. The Hall–Kier alpha value is -4.19. The Morgan fingerprint density at radius 2 is 1.20 bits per heavy atom. The van der Waals surface area contributed by atoms with Gasteiger partial charge >= 0.3 is 0 Å². The van der Waals surface area contributed by atoms with Gasteiger partial charge < -0.3 is 33.3 Å². The summed E-state index contributed by atoms with van der Waals surface area (Å²) in [5.41, 5.74) is 2.67. The number of nitrogens with zero attached hydrogens (tertiary/aromatic N) is 2. The van der Waals surface area contributed by atoms with Crippen molar-refractivity contribution in [3.05, 3.63) is 156 Å². The molecule has 292 valence electrons. The van der Waals surface area contributed by atoms with Crippen LogP contribution in [0.15, 0.2) is 134 Å². The van der Waals surface area contributed by atoms with E-state index in [1.807, 2.05) is 153 Å². The fourth-order valence-corrected chi connectivity index (χ4v) is 7.47. The second-order valence-electron chi connectivity index (χ2n) is 14.8. The van der Waals surface area contributed by atoms with Gasteiger partial charge in [0.05, 0.1) is 39.1 Å². The van der Waals surface area contributed by atoms with E-state index in [4.69, 9.17) is 28.4 Å². The molecule has 4 aromatic rings. The zero-order valence-electron chi connectivity index (χ0n) is 32.5. The summed E-state index contributed by atoms with van der Waals surface area (Å²) in [5, 5.41) is 0. The van der Waals surface area contributed by atoms with Gasteiger partial charge in [-0.05, 0) is 43.0 Å². The molecular weight excluding hydrogens is 693 g/mol. The van der Waals surface area contributed by atoms with E-state index in [9.17, 15) is 0 Å². The molecule has 5 atom stereocenters. The molecule has 9 nitrogen and oxygen atoms in total. The summed E-state index contributed by atoms with van der Waals surface area (Å²) in [6.45, 7) is 14.1. The van der Waals surface area contributed by atoms with Crippen LogP contribution < -0.4 is 0 Å². The number of rotatable bonds is 19. The maximum absolute atomic E-state index is 15.1. The van der Waals surface area contributed by atoms with Crippen LogP contribution in [0, 0.1) is 0 Å². The van der Waals surface area contributed by atoms with Gasteiger partial charge in [-0.3, -0.25) is 9.69 Å². The number of piperazine rings is 1. The zero-order valence-corrected chi connectivity index (χ0v) is 32.5. The summed E-state index contributed by atoms with van der Waals surface area (Å²) < 4.78 is 41.0. The number of benzene rings is 4. The summed E-state index contributed by atoms with van der Waals surface area (Å²) in [5.74, 6) is -1.15. The summed E-state index contributed by atoms with van der Waals surface area (Å²) in [6, 6.07) is 39.9. The average Bonchev–Trinajstić information content (AvgIpc) is 3.45. The van der Waals surface area contributed by atoms with Crippen LogP contribution in [0.2, 0.25) is 0 Å². The van der Waals surface area contributed by atoms with Gasteiger partial charge in [0.1, 0.15) is 17.8 Å². The highest BCUT2D eigenvalue weighted by atomic mass is 16.8. The minimum absolute atomic E-state index is 0.108. The minimum Gasteiger partial charge on any atom is -0.374 e. The van der Waals surface area contributed by atoms with E-state index in [0.29, 0.717) is 19.7 Å². The first-order valence-electron chi connectivity index (χ1n) is 19.3. The van der Waals surface area contributed by atoms with Crippen LogP contribution in [0.3, 0.4) is 0 Å². The Morgan fingerprint density at radius 3 is 1.67 bits per heavy atom. The van der Waals surface area contributed by atoms with Crippen molar-refractivity contribution in [2.24, 2.45) is 0 Å². The molecule has 0 aliphatic carbocycles. The Kier molecular flexibility index (Phi) is 14.4. The molecule has 4 aromatic carbocycles. The van der Waals surface area contributed by atoms with Crippen molar-refractivity contribution in [2.45, 2.75) is 83.0 Å². The molecule has 55 heavy (non-hydrogen) atoms. The lowest BCUT2D eigenvalue weighted by Crippen LogP contribution is -2.64. The molecule has 2 aliphatic rings. The quantitative estimate of drug-likeness (QED) is 0.0933. The summed E-state index contributed by atoms with van der Waals surface area (Å²) in [7, 11) is 0. The first-order chi connectivity index (χ1) is 26.8. The number of carbonyl (C=O) groups is 1. The van der Waals surface area contributed by atoms with Crippen molar-refractivity contribution in [2.75, 3.05) is 39.3 Å². The molecule has 9 heteroatoms. The van der Waals surface area contributed by atoms with Crippen molar-refractivity contribution < 1.29 is 33.2 Å². The van der Waals surface area contributed by atoms with Gasteiger partial charge in [-0.15, -0.1) is 6.58 Å². The normalized spacial score (nSPS) is 21.5. The van der Waals surface area contributed by atoms with E-state index in [-0.39, 0.29) is 32.3 Å². The molecule has 0 spiro atoms. The third-order valence-corrected chi connectivity index (χ3v) is 10.2. The average molecular weight is 749 g/mol. The van der Waals surface area contributed by atoms with Gasteiger partial charge in [0, 0.05) is 32.7 Å². The molecule has 2 aliphatic heterocycles. The van der Waals surface area contributed by atoms with E-state index in [1.54, 1.807) is 0 Å². The molecule has 0 aromatic heterocycles. The van der Waals surface area contributed by atoms with Crippen LogP contribution in [-0.2, 0) is 59.6 Å². The fraction of sp³-hybridized carbons (Fsp3) is 0.413. The van der Waals surface area contributed by atoms with Gasteiger partial charge in [0.25, 0.3) is 5.91 Å². The topological polar surface area (TPSA) is 78.9 Å². The van der Waals surface area contributed by atoms with Crippen LogP contribution in [0.1, 0.15) is 43.0 Å². The van der Waals surface area contributed by atoms with Crippen molar-refractivity contribution in [1.29, 1.82) is 0 Å². The van der Waals surface area contributed by atoms with E-state index < -0.39 is 35.8 Å². The zero-order chi connectivity index (χ0) is 38.5. The van der Waals surface area contributed by atoms with Crippen LogP contribution in [0.5, 0.6) is 0 Å². The first kappa shape index (κ1) is 40.5. The SMILES string of the molecule is C=CCN1CCN(C(=O)[C@H](OCc2ccccc2)[C@@H](OCc2ccccc2)[C@H](OCc2ccccc2)[C@]2(COCc3ccccc3)OC(C)(C)O[C@@H]2C)CC1. The Bertz CT molecular complexity index is 1740. The lowest BCUT2D eigenvalue weighted by Gasteiger charge is -2.45. The van der Waals surface area contributed by atoms with Crippen LogP contribution in [0.4, 0.5) is 0 Å². The standard InChI is InChI=1S/C46H56N2O7/c1-5-26-47-27-29-48(30-28-47)44(49)42(52-33-39-22-14-8-15-23-39)41(51-32-38-20-12-7-13-21-38)43(53-34-40-24-16-9-17-25-40)46(36(2)54-45(3,4)55-46)35-50-31-37-18-10-6-11-19-37/h5-25,36,41-43H,1,26-35H2,2-4H3/t36-,41-,42-,43+,46-/m1/s1. The second-order valence-corrected chi connectivity index (χ2v) is 14.8. The van der Waals surface area contributed by atoms with Gasteiger partial charge in [-0.25, -0.2) is 0 Å². The number of ether oxygens (including phenoxy) is 6. The Labute approximate surface area is 326 Å².